The standard InChI is InChI=1S/C27H28N4O4/c1-17-21(28)12-13-22-25(17)26(33)35-27(29-22)30-23-15-20(34-3)11-9-19(23)10-14-24(32)31(2)16-18-7-5-4-6-8-18/h4-9,11-13,15H,10,14,16,28H2,1-3H3,(H,29,30). The summed E-state index contributed by atoms with van der Waals surface area (Å²) in [6.45, 7) is 2.30. The summed E-state index contributed by atoms with van der Waals surface area (Å²) >= 11 is 0. The number of rotatable bonds is 8. The number of nitrogens with one attached hydrogen (secondary N) is 1. The van der Waals surface area contributed by atoms with Crippen LogP contribution in [0.3, 0.4) is 0 Å². The normalized spacial score (nSPS) is 10.8. The molecule has 0 spiro atoms. The number of aryl methyl sites for hydroxylation is 2. The molecule has 1 heterocycles. The summed E-state index contributed by atoms with van der Waals surface area (Å²) in [5.41, 5.74) is 9.60. The van der Waals surface area contributed by atoms with Crippen LogP contribution < -0.4 is 21.4 Å². The van der Waals surface area contributed by atoms with Gasteiger partial charge in [-0.25, -0.2) is 4.79 Å². The Bertz CT molecular complexity index is 1420. The predicted octanol–water partition coefficient (Wildman–Crippen LogP) is 4.42. The van der Waals surface area contributed by atoms with Gasteiger partial charge in [-0.3, -0.25) is 4.79 Å². The Morgan fingerprint density at radius 2 is 1.91 bits per heavy atom. The lowest BCUT2D eigenvalue weighted by Crippen LogP contribution is -2.26. The van der Waals surface area contributed by atoms with E-state index in [0.717, 1.165) is 11.1 Å². The molecule has 0 atom stereocenters. The monoisotopic (exact) mass is 472 g/mol. The Kier molecular flexibility index (Phi) is 7.01. The molecule has 0 saturated carbocycles. The molecule has 1 aromatic heterocycles. The van der Waals surface area contributed by atoms with Crippen molar-refractivity contribution in [3.05, 3.63) is 87.8 Å². The van der Waals surface area contributed by atoms with Gasteiger partial charge in [0.25, 0.3) is 0 Å². The topological polar surface area (TPSA) is 111 Å². The first-order chi connectivity index (χ1) is 16.9. The van der Waals surface area contributed by atoms with Gasteiger partial charge in [0.15, 0.2) is 0 Å². The summed E-state index contributed by atoms with van der Waals surface area (Å²) in [7, 11) is 3.37. The van der Waals surface area contributed by atoms with Gasteiger partial charge in [-0.2, -0.15) is 4.98 Å². The minimum Gasteiger partial charge on any atom is -0.497 e. The molecule has 0 aliphatic carbocycles. The highest BCUT2D eigenvalue weighted by atomic mass is 16.5. The van der Waals surface area contributed by atoms with Gasteiger partial charge in [0, 0.05) is 37.5 Å². The van der Waals surface area contributed by atoms with E-state index in [9.17, 15) is 9.59 Å². The highest BCUT2D eigenvalue weighted by Crippen LogP contribution is 2.28. The maximum Gasteiger partial charge on any atom is 0.348 e. The van der Waals surface area contributed by atoms with Crippen LogP contribution in [0.4, 0.5) is 17.4 Å². The number of methoxy groups -OCH3 is 1. The zero-order chi connectivity index (χ0) is 24.9. The van der Waals surface area contributed by atoms with E-state index >= 15 is 0 Å². The number of benzene rings is 3. The molecule has 35 heavy (non-hydrogen) atoms. The molecule has 0 fully saturated rings. The molecule has 3 N–H and O–H groups in total. The van der Waals surface area contributed by atoms with Gasteiger partial charge < -0.3 is 25.1 Å². The van der Waals surface area contributed by atoms with Gasteiger partial charge in [-0.05, 0) is 48.2 Å². The third-order valence-corrected chi connectivity index (χ3v) is 5.96. The van der Waals surface area contributed by atoms with Crippen LogP contribution in [0.5, 0.6) is 5.75 Å². The number of hydrogen-bond acceptors (Lipinski definition) is 7. The quantitative estimate of drug-likeness (QED) is 0.365. The first-order valence-corrected chi connectivity index (χ1v) is 11.3. The van der Waals surface area contributed by atoms with Crippen LogP contribution in [-0.2, 0) is 17.8 Å². The van der Waals surface area contributed by atoms with Gasteiger partial charge in [0.05, 0.1) is 18.0 Å². The Morgan fingerprint density at radius 1 is 1.14 bits per heavy atom. The van der Waals surface area contributed by atoms with E-state index in [1.807, 2.05) is 42.5 Å². The Hall–Kier alpha value is -4.33. The Balaban J connectivity index is 1.54. The average Bonchev–Trinajstić information content (AvgIpc) is 2.85. The van der Waals surface area contributed by atoms with Crippen LogP contribution in [0.15, 0.2) is 69.9 Å². The number of aromatic nitrogens is 1. The lowest BCUT2D eigenvalue weighted by molar-refractivity contribution is -0.130. The van der Waals surface area contributed by atoms with Crippen molar-refractivity contribution in [3.8, 4) is 5.75 Å². The van der Waals surface area contributed by atoms with E-state index in [2.05, 4.69) is 10.3 Å². The maximum atomic E-state index is 12.8. The molecule has 4 rings (SSSR count). The molecule has 180 valence electrons. The molecular formula is C27H28N4O4. The third kappa shape index (κ3) is 5.43. The van der Waals surface area contributed by atoms with Crippen molar-refractivity contribution in [2.75, 3.05) is 25.2 Å². The van der Waals surface area contributed by atoms with Crippen molar-refractivity contribution in [1.82, 2.24) is 9.88 Å². The van der Waals surface area contributed by atoms with E-state index in [-0.39, 0.29) is 11.9 Å². The van der Waals surface area contributed by atoms with Gasteiger partial charge in [0.2, 0.25) is 5.91 Å². The number of carbonyl (C=O) groups excluding carboxylic acids is 1. The van der Waals surface area contributed by atoms with Crippen LogP contribution in [0.1, 0.15) is 23.1 Å². The molecule has 0 aliphatic heterocycles. The summed E-state index contributed by atoms with van der Waals surface area (Å²) in [6, 6.07) is 18.8. The van der Waals surface area contributed by atoms with Crippen LogP contribution in [0.25, 0.3) is 10.9 Å². The molecule has 8 nitrogen and oxygen atoms in total. The molecule has 8 heteroatoms. The first-order valence-electron chi connectivity index (χ1n) is 11.3. The van der Waals surface area contributed by atoms with Crippen molar-refractivity contribution in [2.45, 2.75) is 26.3 Å². The minimum absolute atomic E-state index is 0.0269. The van der Waals surface area contributed by atoms with Gasteiger partial charge in [-0.1, -0.05) is 36.4 Å². The van der Waals surface area contributed by atoms with Gasteiger partial charge in [0.1, 0.15) is 5.75 Å². The van der Waals surface area contributed by atoms with Crippen molar-refractivity contribution in [1.29, 1.82) is 0 Å². The van der Waals surface area contributed by atoms with E-state index in [1.165, 1.54) is 0 Å². The molecule has 0 radical (unpaired) electrons. The summed E-state index contributed by atoms with van der Waals surface area (Å²) in [5, 5.41) is 3.45. The number of amides is 1. The van der Waals surface area contributed by atoms with E-state index in [1.54, 1.807) is 44.2 Å². The number of anilines is 3. The summed E-state index contributed by atoms with van der Waals surface area (Å²) < 4.78 is 10.8. The maximum absolute atomic E-state index is 12.8. The summed E-state index contributed by atoms with van der Waals surface area (Å²) in [4.78, 5) is 31.6. The number of nitrogens with zero attached hydrogens (tertiary/aromatic N) is 2. The summed E-state index contributed by atoms with van der Waals surface area (Å²) in [6.07, 6.45) is 0.801. The molecule has 1 amide bonds. The molecule has 4 aromatic rings. The molecule has 0 aliphatic rings. The zero-order valence-corrected chi connectivity index (χ0v) is 20.0. The van der Waals surface area contributed by atoms with Crippen LogP contribution in [0.2, 0.25) is 0 Å². The molecule has 0 saturated heterocycles. The Morgan fingerprint density at radius 3 is 2.66 bits per heavy atom. The third-order valence-electron chi connectivity index (χ3n) is 5.96. The average molecular weight is 473 g/mol. The smallest absolute Gasteiger partial charge is 0.348 e. The van der Waals surface area contributed by atoms with Crippen LogP contribution >= 0.6 is 0 Å². The number of ether oxygens (including phenoxy) is 1. The molecular weight excluding hydrogens is 444 g/mol. The van der Waals surface area contributed by atoms with E-state index in [0.29, 0.717) is 53.0 Å². The second-order valence-electron chi connectivity index (χ2n) is 8.36. The second kappa shape index (κ2) is 10.3. The second-order valence-corrected chi connectivity index (χ2v) is 8.36. The highest BCUT2D eigenvalue weighted by Gasteiger charge is 2.15. The molecule has 3 aromatic carbocycles. The van der Waals surface area contributed by atoms with Crippen molar-refractivity contribution >= 4 is 34.2 Å². The van der Waals surface area contributed by atoms with E-state index < -0.39 is 5.63 Å². The fraction of sp³-hybridized carbons (Fsp3) is 0.222. The highest BCUT2D eigenvalue weighted by molar-refractivity contribution is 5.86. The fourth-order valence-corrected chi connectivity index (χ4v) is 3.90. The molecule has 0 bridgehead atoms. The van der Waals surface area contributed by atoms with Crippen molar-refractivity contribution in [2.24, 2.45) is 0 Å². The number of nitrogens with two attached hydrogens (primary N) is 1. The molecule has 0 unspecified atom stereocenters. The van der Waals surface area contributed by atoms with E-state index in [4.69, 9.17) is 14.9 Å². The Labute approximate surface area is 203 Å². The summed E-state index contributed by atoms with van der Waals surface area (Å²) in [5.74, 6) is 0.648. The largest absolute Gasteiger partial charge is 0.497 e. The predicted molar refractivity (Wildman–Crippen MR) is 137 cm³/mol. The lowest BCUT2D eigenvalue weighted by atomic mass is 10.1. The minimum atomic E-state index is -0.524. The SMILES string of the molecule is COc1ccc(CCC(=O)N(C)Cc2ccccc2)c(Nc2nc3ccc(N)c(C)c3c(=O)o2)c1. The van der Waals surface area contributed by atoms with Gasteiger partial charge in [-0.15, -0.1) is 0 Å². The number of carbonyl (C=O) groups is 1. The number of nitrogen functional groups attached to an aromatic ring is 1. The van der Waals surface area contributed by atoms with Crippen molar-refractivity contribution < 1.29 is 13.9 Å². The van der Waals surface area contributed by atoms with Crippen molar-refractivity contribution in [3.63, 3.8) is 0 Å². The van der Waals surface area contributed by atoms with Crippen LogP contribution in [-0.4, -0.2) is 29.9 Å². The van der Waals surface area contributed by atoms with Gasteiger partial charge >= 0.3 is 11.6 Å². The van der Waals surface area contributed by atoms with Crippen LogP contribution in [0, 0.1) is 6.92 Å². The first kappa shape index (κ1) is 23.8. The number of fused-ring (bicyclic) bond motifs is 1. The lowest BCUT2D eigenvalue weighted by Gasteiger charge is -2.18. The number of hydrogen-bond donors (Lipinski definition) is 2. The zero-order valence-electron chi connectivity index (χ0n) is 20.0. The fourth-order valence-electron chi connectivity index (χ4n) is 3.90.